The van der Waals surface area contributed by atoms with Gasteiger partial charge in [0.15, 0.2) is 11.5 Å². The number of hydrogen-bond donors (Lipinski definition) is 2. The van der Waals surface area contributed by atoms with Gasteiger partial charge in [0.25, 0.3) is 12.3 Å². The van der Waals surface area contributed by atoms with Crippen LogP contribution in [0.2, 0.25) is 0 Å². The van der Waals surface area contributed by atoms with Gasteiger partial charge in [0.05, 0.1) is 18.8 Å². The molecule has 1 aliphatic heterocycles. The number of hydrogen-bond acceptors (Lipinski definition) is 7. The van der Waals surface area contributed by atoms with E-state index in [0.29, 0.717) is 39.6 Å². The molecule has 0 saturated carbocycles. The van der Waals surface area contributed by atoms with Crippen molar-refractivity contribution in [1.29, 1.82) is 0 Å². The van der Waals surface area contributed by atoms with Crippen LogP contribution in [0.25, 0.3) is 27.9 Å². The molecule has 1 saturated heterocycles. The maximum Gasteiger partial charge on any atom is 0.281 e. The molecule has 34 heavy (non-hydrogen) atoms. The summed E-state index contributed by atoms with van der Waals surface area (Å²) in [5.74, 6) is -1.99. The summed E-state index contributed by atoms with van der Waals surface area (Å²) in [6.45, 7) is 0.978. The minimum Gasteiger partial charge on any atom is -0.371 e. The van der Waals surface area contributed by atoms with E-state index in [1.54, 1.807) is 50.3 Å². The molecule has 1 aliphatic rings. The molecule has 1 atom stereocenters. The Kier molecular flexibility index (Phi) is 5.30. The summed E-state index contributed by atoms with van der Waals surface area (Å²) in [6, 6.07) is 4.13. The summed E-state index contributed by atoms with van der Waals surface area (Å²) in [7, 11) is 3.30. The standard InChI is InChI=1S/C21H23F4N9/c1-11-27-14-5-4-13(28-19(14)33(11)9-16(22)23)12-6-7-34-17(12)18(26-2)30-20(31-34)29-15-8-32(3)10-21(15,24)25/h4-7,15-16H,8-10H2,1-3H3,(H2,26,29,30,31). The van der Waals surface area contributed by atoms with E-state index in [4.69, 9.17) is 0 Å². The monoisotopic (exact) mass is 477 g/mol. The lowest BCUT2D eigenvalue weighted by Gasteiger charge is -2.19. The maximum absolute atomic E-state index is 14.3. The van der Waals surface area contributed by atoms with Crippen LogP contribution in [-0.4, -0.2) is 79.6 Å². The quantitative estimate of drug-likeness (QED) is 0.413. The molecular weight excluding hydrogens is 454 g/mol. The summed E-state index contributed by atoms with van der Waals surface area (Å²) in [5, 5.41) is 10.1. The van der Waals surface area contributed by atoms with E-state index in [1.165, 1.54) is 9.08 Å². The van der Waals surface area contributed by atoms with Crippen molar-refractivity contribution in [2.24, 2.45) is 0 Å². The Bertz CT molecular complexity index is 1360. The molecule has 4 aromatic rings. The summed E-state index contributed by atoms with van der Waals surface area (Å²) in [5.41, 5.74) is 2.63. The van der Waals surface area contributed by atoms with E-state index in [0.717, 1.165) is 0 Å². The molecule has 1 unspecified atom stereocenters. The van der Waals surface area contributed by atoms with E-state index in [1.807, 2.05) is 0 Å². The third-order valence-corrected chi connectivity index (χ3v) is 5.92. The fraction of sp³-hybridized carbons (Fsp3) is 0.429. The average molecular weight is 477 g/mol. The van der Waals surface area contributed by atoms with Gasteiger partial charge < -0.3 is 15.2 Å². The Labute approximate surface area is 191 Å². The molecule has 0 amide bonds. The molecule has 5 heterocycles. The lowest BCUT2D eigenvalue weighted by molar-refractivity contribution is 0.00584. The Morgan fingerprint density at radius 3 is 2.65 bits per heavy atom. The summed E-state index contributed by atoms with van der Waals surface area (Å²) < 4.78 is 57.6. The lowest BCUT2D eigenvalue weighted by Crippen LogP contribution is -2.38. The minimum atomic E-state index is -2.91. The van der Waals surface area contributed by atoms with Crippen molar-refractivity contribution in [3.63, 3.8) is 0 Å². The Balaban J connectivity index is 1.56. The molecule has 0 spiro atoms. The van der Waals surface area contributed by atoms with Crippen LogP contribution in [0.4, 0.5) is 29.3 Å². The van der Waals surface area contributed by atoms with Gasteiger partial charge in [-0.1, -0.05) is 0 Å². The highest BCUT2D eigenvalue weighted by Gasteiger charge is 2.47. The number of nitrogens with one attached hydrogen (secondary N) is 2. The van der Waals surface area contributed by atoms with Gasteiger partial charge in [-0.05, 0) is 32.2 Å². The van der Waals surface area contributed by atoms with Gasteiger partial charge in [-0.3, -0.25) is 4.90 Å². The Hall–Kier alpha value is -3.48. The van der Waals surface area contributed by atoms with Crippen LogP contribution >= 0.6 is 0 Å². The van der Waals surface area contributed by atoms with Crippen LogP contribution in [0, 0.1) is 6.92 Å². The highest BCUT2D eigenvalue weighted by molar-refractivity contribution is 5.89. The predicted molar refractivity (Wildman–Crippen MR) is 120 cm³/mol. The van der Waals surface area contributed by atoms with Gasteiger partial charge in [-0.15, -0.1) is 5.10 Å². The van der Waals surface area contributed by atoms with Crippen LogP contribution < -0.4 is 10.6 Å². The zero-order chi connectivity index (χ0) is 24.2. The van der Waals surface area contributed by atoms with E-state index < -0.39 is 24.9 Å². The van der Waals surface area contributed by atoms with Crippen LogP contribution in [0.15, 0.2) is 24.4 Å². The predicted octanol–water partition coefficient (Wildman–Crippen LogP) is 3.12. The first-order valence-electron chi connectivity index (χ1n) is 10.7. The first-order valence-corrected chi connectivity index (χ1v) is 10.7. The van der Waals surface area contributed by atoms with Crippen LogP contribution in [-0.2, 0) is 6.54 Å². The number of fused-ring (bicyclic) bond motifs is 2. The summed E-state index contributed by atoms with van der Waals surface area (Å²) in [6.07, 6.45) is -0.871. The minimum absolute atomic E-state index is 0.0630. The van der Waals surface area contributed by atoms with Crippen molar-refractivity contribution in [1.82, 2.24) is 34.0 Å². The fourth-order valence-corrected chi connectivity index (χ4v) is 4.38. The Morgan fingerprint density at radius 2 is 1.97 bits per heavy atom. The van der Waals surface area contributed by atoms with Crippen molar-refractivity contribution >= 4 is 28.4 Å². The topological polar surface area (TPSA) is 88.2 Å². The molecular formula is C21H23F4N9. The lowest BCUT2D eigenvalue weighted by atomic mass is 10.2. The highest BCUT2D eigenvalue weighted by Crippen LogP contribution is 2.32. The number of pyridine rings is 1. The fourth-order valence-electron chi connectivity index (χ4n) is 4.38. The number of likely N-dealkylation sites (N-methyl/N-ethyl adjacent to an activating group) is 1. The summed E-state index contributed by atoms with van der Waals surface area (Å²) in [4.78, 5) is 14.9. The second-order valence-corrected chi connectivity index (χ2v) is 8.41. The average Bonchev–Trinajstić information content (AvgIpc) is 3.40. The zero-order valence-electron chi connectivity index (χ0n) is 18.7. The molecule has 2 N–H and O–H groups in total. The molecule has 0 bridgehead atoms. The molecule has 1 fully saturated rings. The number of aromatic nitrogens is 6. The zero-order valence-corrected chi connectivity index (χ0v) is 18.7. The van der Waals surface area contributed by atoms with Crippen LogP contribution in [0.3, 0.4) is 0 Å². The molecule has 5 rings (SSSR count). The first kappa shape index (κ1) is 22.3. The highest BCUT2D eigenvalue weighted by atomic mass is 19.3. The van der Waals surface area contributed by atoms with Crippen molar-refractivity contribution in [2.75, 3.05) is 37.8 Å². The second kappa shape index (κ2) is 8.08. The number of aryl methyl sites for hydroxylation is 1. The van der Waals surface area contributed by atoms with Crippen molar-refractivity contribution in [3.05, 3.63) is 30.2 Å². The first-order chi connectivity index (χ1) is 16.2. The van der Waals surface area contributed by atoms with Crippen LogP contribution in [0.1, 0.15) is 5.82 Å². The third kappa shape index (κ3) is 3.79. The van der Waals surface area contributed by atoms with Gasteiger partial charge in [0.1, 0.15) is 22.9 Å². The van der Waals surface area contributed by atoms with Crippen molar-refractivity contribution in [3.8, 4) is 11.3 Å². The molecule has 9 nitrogen and oxygen atoms in total. The van der Waals surface area contributed by atoms with E-state index in [9.17, 15) is 17.6 Å². The number of alkyl halides is 4. The SMILES string of the molecule is CNc1nc(NC2CN(C)CC2(F)F)nn2ccc(-c3ccc4nc(C)n(CC(F)F)c4n3)c12. The van der Waals surface area contributed by atoms with Gasteiger partial charge in [0.2, 0.25) is 5.95 Å². The molecule has 0 aromatic carbocycles. The third-order valence-electron chi connectivity index (χ3n) is 5.92. The smallest absolute Gasteiger partial charge is 0.281 e. The number of likely N-dealkylation sites (tertiary alicyclic amines) is 1. The van der Waals surface area contributed by atoms with Gasteiger partial charge in [-0.25, -0.2) is 32.0 Å². The number of rotatable bonds is 6. The van der Waals surface area contributed by atoms with Crippen LogP contribution in [0.5, 0.6) is 0 Å². The number of anilines is 2. The molecule has 4 aromatic heterocycles. The van der Waals surface area contributed by atoms with Gasteiger partial charge >= 0.3 is 0 Å². The normalized spacial score (nSPS) is 18.4. The maximum atomic E-state index is 14.3. The van der Waals surface area contributed by atoms with E-state index >= 15 is 0 Å². The molecule has 0 aliphatic carbocycles. The number of nitrogens with zero attached hydrogens (tertiary/aromatic N) is 7. The van der Waals surface area contributed by atoms with Crippen molar-refractivity contribution in [2.45, 2.75) is 31.9 Å². The van der Waals surface area contributed by atoms with Crippen molar-refractivity contribution < 1.29 is 17.6 Å². The number of imidazole rings is 1. The number of halogens is 4. The molecule has 13 heteroatoms. The largest absolute Gasteiger partial charge is 0.371 e. The second-order valence-electron chi connectivity index (χ2n) is 8.41. The molecule has 180 valence electrons. The van der Waals surface area contributed by atoms with E-state index in [2.05, 4.69) is 30.7 Å². The summed E-state index contributed by atoms with van der Waals surface area (Å²) >= 11 is 0. The Morgan fingerprint density at radius 1 is 1.18 bits per heavy atom. The molecule has 0 radical (unpaired) electrons. The van der Waals surface area contributed by atoms with Gasteiger partial charge in [0, 0.05) is 25.4 Å². The van der Waals surface area contributed by atoms with Gasteiger partial charge in [-0.2, -0.15) is 4.98 Å². The van der Waals surface area contributed by atoms with E-state index in [-0.39, 0.29) is 19.0 Å².